The maximum Gasteiger partial charge on any atom is 0.270 e. The van der Waals surface area contributed by atoms with Crippen LogP contribution >= 0.6 is 11.6 Å². The van der Waals surface area contributed by atoms with Crippen LogP contribution < -0.4 is 9.64 Å². The van der Waals surface area contributed by atoms with Gasteiger partial charge in [0.2, 0.25) is 0 Å². The number of methoxy groups -OCH3 is 1. The predicted octanol–water partition coefficient (Wildman–Crippen LogP) is 5.09. The number of carbonyl (C=O) groups is 1. The summed E-state index contributed by atoms with van der Waals surface area (Å²) in [4.78, 5) is 28.3. The van der Waals surface area contributed by atoms with Crippen molar-refractivity contribution < 1.29 is 18.3 Å². The SMILES string of the molecule is CCc1ccncc1-c1cc(Cl)c(F)c2[nH]c(C(=O)N3CCN(c4ncc(F)cc4OC)CC3)cc12. The molecule has 1 aromatic carbocycles. The van der Waals surface area contributed by atoms with Crippen molar-refractivity contribution >= 4 is 34.2 Å². The summed E-state index contributed by atoms with van der Waals surface area (Å²) < 4.78 is 33.8. The molecule has 3 aromatic heterocycles. The number of fused-ring (bicyclic) bond motifs is 1. The number of pyridine rings is 2. The number of nitrogens with zero attached hydrogens (tertiary/aromatic N) is 4. The van der Waals surface area contributed by atoms with E-state index in [9.17, 15) is 13.6 Å². The summed E-state index contributed by atoms with van der Waals surface area (Å²) in [5.74, 6) is -0.454. The van der Waals surface area contributed by atoms with Gasteiger partial charge in [0.25, 0.3) is 5.91 Å². The fraction of sp³-hybridized carbons (Fsp3) is 0.269. The number of aromatic amines is 1. The van der Waals surface area contributed by atoms with Gasteiger partial charge in [-0.25, -0.2) is 13.8 Å². The topological polar surface area (TPSA) is 74.4 Å². The zero-order chi connectivity index (χ0) is 25.4. The van der Waals surface area contributed by atoms with Gasteiger partial charge in [-0.1, -0.05) is 18.5 Å². The van der Waals surface area contributed by atoms with E-state index in [0.29, 0.717) is 43.1 Å². The number of benzene rings is 1. The van der Waals surface area contributed by atoms with Gasteiger partial charge < -0.3 is 19.5 Å². The fourth-order valence-electron chi connectivity index (χ4n) is 4.63. The monoisotopic (exact) mass is 511 g/mol. The first-order chi connectivity index (χ1) is 17.4. The first-order valence-corrected chi connectivity index (χ1v) is 12.0. The molecule has 5 rings (SSSR count). The minimum atomic E-state index is -0.601. The van der Waals surface area contributed by atoms with E-state index in [1.807, 2.05) is 17.9 Å². The summed E-state index contributed by atoms with van der Waals surface area (Å²) in [7, 11) is 1.46. The van der Waals surface area contributed by atoms with Gasteiger partial charge in [-0.15, -0.1) is 0 Å². The summed E-state index contributed by atoms with van der Waals surface area (Å²) in [5.41, 5.74) is 3.07. The molecule has 0 unspecified atom stereocenters. The van der Waals surface area contributed by atoms with Crippen LogP contribution in [0.2, 0.25) is 5.02 Å². The number of halogens is 3. The van der Waals surface area contributed by atoms with Crippen molar-refractivity contribution in [2.45, 2.75) is 13.3 Å². The van der Waals surface area contributed by atoms with E-state index in [2.05, 4.69) is 15.0 Å². The second-order valence-corrected chi connectivity index (χ2v) is 8.94. The summed E-state index contributed by atoms with van der Waals surface area (Å²) in [6.07, 6.45) is 5.35. The number of anilines is 1. The van der Waals surface area contributed by atoms with Crippen molar-refractivity contribution in [1.29, 1.82) is 0 Å². The van der Waals surface area contributed by atoms with Crippen LogP contribution in [0.15, 0.2) is 42.9 Å². The summed E-state index contributed by atoms with van der Waals surface area (Å²) in [6, 6.07) is 6.46. The number of carbonyl (C=O) groups excluding carboxylic acids is 1. The third-order valence-electron chi connectivity index (χ3n) is 6.51. The molecular weight excluding hydrogens is 488 g/mol. The van der Waals surface area contributed by atoms with Crippen LogP contribution in [0.4, 0.5) is 14.6 Å². The molecule has 0 bridgehead atoms. The Balaban J connectivity index is 1.43. The van der Waals surface area contributed by atoms with Crippen LogP contribution in [0.25, 0.3) is 22.0 Å². The molecule has 1 fully saturated rings. The number of hydrogen-bond donors (Lipinski definition) is 1. The number of H-pyrrole nitrogens is 1. The van der Waals surface area contributed by atoms with Gasteiger partial charge in [0.15, 0.2) is 17.4 Å². The molecule has 10 heteroatoms. The maximum absolute atomic E-state index is 15.0. The molecule has 0 spiro atoms. The Labute approximate surface area is 211 Å². The molecule has 4 heterocycles. The van der Waals surface area contributed by atoms with Gasteiger partial charge in [0.05, 0.1) is 23.8 Å². The third kappa shape index (κ3) is 4.24. The Morgan fingerprint density at radius 2 is 1.92 bits per heavy atom. The lowest BCUT2D eigenvalue weighted by Gasteiger charge is -2.35. The van der Waals surface area contributed by atoms with E-state index in [-0.39, 0.29) is 22.1 Å². The number of aromatic nitrogens is 3. The Morgan fingerprint density at radius 3 is 2.64 bits per heavy atom. The smallest absolute Gasteiger partial charge is 0.270 e. The number of aryl methyl sites for hydroxylation is 1. The lowest BCUT2D eigenvalue weighted by atomic mass is 9.97. The van der Waals surface area contributed by atoms with E-state index in [1.165, 1.54) is 13.2 Å². The quantitative estimate of drug-likeness (QED) is 0.404. The van der Waals surface area contributed by atoms with Crippen molar-refractivity contribution in [3.63, 3.8) is 0 Å². The highest BCUT2D eigenvalue weighted by Gasteiger charge is 2.27. The van der Waals surface area contributed by atoms with Gasteiger partial charge in [-0.05, 0) is 35.7 Å². The number of hydrogen-bond acceptors (Lipinski definition) is 5. The van der Waals surface area contributed by atoms with Crippen LogP contribution in [0.5, 0.6) is 5.75 Å². The molecule has 0 radical (unpaired) electrons. The van der Waals surface area contributed by atoms with E-state index in [1.54, 1.807) is 29.4 Å². The zero-order valence-corrected chi connectivity index (χ0v) is 20.6. The summed E-state index contributed by atoms with van der Waals surface area (Å²) in [6.45, 7) is 3.83. The Hall–Kier alpha value is -3.72. The Bertz CT molecular complexity index is 1450. The molecule has 4 aromatic rings. The van der Waals surface area contributed by atoms with Crippen LogP contribution in [0, 0.1) is 11.6 Å². The highest BCUT2D eigenvalue weighted by molar-refractivity contribution is 6.32. The largest absolute Gasteiger partial charge is 0.493 e. The van der Waals surface area contributed by atoms with E-state index < -0.39 is 11.6 Å². The molecule has 1 aliphatic heterocycles. The lowest BCUT2D eigenvalue weighted by molar-refractivity contribution is 0.0741. The second kappa shape index (κ2) is 9.73. The van der Waals surface area contributed by atoms with Gasteiger partial charge in [0, 0.05) is 55.6 Å². The fourth-order valence-corrected chi connectivity index (χ4v) is 4.84. The minimum Gasteiger partial charge on any atom is -0.493 e. The van der Waals surface area contributed by atoms with Crippen molar-refractivity contribution in [3.05, 3.63) is 70.8 Å². The van der Waals surface area contributed by atoms with Gasteiger partial charge >= 0.3 is 0 Å². The number of ether oxygens (including phenoxy) is 1. The highest BCUT2D eigenvalue weighted by Crippen LogP contribution is 2.37. The van der Waals surface area contributed by atoms with E-state index in [4.69, 9.17) is 16.3 Å². The summed E-state index contributed by atoms with van der Waals surface area (Å²) in [5, 5.41) is 0.542. The molecule has 186 valence electrons. The molecule has 0 saturated carbocycles. The zero-order valence-electron chi connectivity index (χ0n) is 19.8. The molecule has 7 nitrogen and oxygen atoms in total. The maximum atomic E-state index is 15.0. The number of amides is 1. The standard InChI is InChI=1S/C26H24ClF2N5O2/c1-3-15-4-5-30-14-19(15)17-11-20(27)23(29)24-18(17)12-21(32-24)26(35)34-8-6-33(7-9-34)25-22(36-2)10-16(28)13-31-25/h4-5,10-14,32H,3,6-9H2,1-2H3. The molecule has 0 atom stereocenters. The highest BCUT2D eigenvalue weighted by atomic mass is 35.5. The van der Waals surface area contributed by atoms with Crippen molar-refractivity contribution in [2.24, 2.45) is 0 Å². The van der Waals surface area contributed by atoms with Crippen LogP contribution in [-0.2, 0) is 6.42 Å². The van der Waals surface area contributed by atoms with E-state index >= 15 is 0 Å². The van der Waals surface area contributed by atoms with Gasteiger partial charge in [-0.3, -0.25) is 9.78 Å². The third-order valence-corrected chi connectivity index (χ3v) is 6.78. The average molecular weight is 512 g/mol. The van der Waals surface area contributed by atoms with Crippen molar-refractivity contribution in [2.75, 3.05) is 38.2 Å². The van der Waals surface area contributed by atoms with Crippen LogP contribution in [-0.4, -0.2) is 59.0 Å². The molecule has 1 amide bonds. The van der Waals surface area contributed by atoms with Crippen LogP contribution in [0.1, 0.15) is 23.0 Å². The van der Waals surface area contributed by atoms with Crippen molar-refractivity contribution in [1.82, 2.24) is 19.9 Å². The Kier molecular flexibility index (Phi) is 6.49. The molecule has 1 aliphatic rings. The van der Waals surface area contributed by atoms with Crippen molar-refractivity contribution in [3.8, 4) is 16.9 Å². The molecule has 1 saturated heterocycles. The first kappa shape index (κ1) is 24.0. The van der Waals surface area contributed by atoms with Gasteiger partial charge in [-0.2, -0.15) is 0 Å². The molecule has 0 aliphatic carbocycles. The molecular formula is C26H24ClF2N5O2. The number of rotatable bonds is 5. The molecule has 1 N–H and O–H groups in total. The minimum absolute atomic E-state index is 0.0291. The first-order valence-electron chi connectivity index (χ1n) is 11.6. The Morgan fingerprint density at radius 1 is 1.14 bits per heavy atom. The number of nitrogens with one attached hydrogen (secondary N) is 1. The average Bonchev–Trinajstić information content (AvgIpc) is 3.36. The predicted molar refractivity (Wildman–Crippen MR) is 135 cm³/mol. The second-order valence-electron chi connectivity index (χ2n) is 8.54. The van der Waals surface area contributed by atoms with E-state index in [0.717, 1.165) is 29.3 Å². The number of piperazine rings is 1. The normalized spacial score (nSPS) is 13.9. The lowest BCUT2D eigenvalue weighted by Crippen LogP contribution is -2.49. The van der Waals surface area contributed by atoms with Gasteiger partial charge in [0.1, 0.15) is 11.5 Å². The molecule has 36 heavy (non-hydrogen) atoms. The van der Waals surface area contributed by atoms with Crippen LogP contribution in [0.3, 0.4) is 0 Å². The summed E-state index contributed by atoms with van der Waals surface area (Å²) >= 11 is 6.23.